The Hall–Kier alpha value is -1.81. The number of carbonyl (C=O) groups excluding carboxylic acids is 1. The van der Waals surface area contributed by atoms with Gasteiger partial charge in [0.05, 0.1) is 10.0 Å². The largest absolute Gasteiger partial charge is 0.398 e. The molecule has 98 valence electrons. The fraction of sp³-hybridized carbons (Fsp3) is 0.133. The van der Waals surface area contributed by atoms with Gasteiger partial charge < -0.3 is 10.6 Å². The lowest BCUT2D eigenvalue weighted by Crippen LogP contribution is -2.27. The summed E-state index contributed by atoms with van der Waals surface area (Å²) >= 11 is 3.37. The van der Waals surface area contributed by atoms with E-state index in [9.17, 15) is 4.79 Å². The molecular formula is C15H15BrN2O. The van der Waals surface area contributed by atoms with Gasteiger partial charge >= 0.3 is 0 Å². The summed E-state index contributed by atoms with van der Waals surface area (Å²) in [7, 11) is 1.76. The average Bonchev–Trinajstić information content (AvgIpc) is 2.41. The van der Waals surface area contributed by atoms with Crippen molar-refractivity contribution in [1.29, 1.82) is 0 Å². The number of amides is 1. The van der Waals surface area contributed by atoms with Crippen molar-refractivity contribution in [1.82, 2.24) is 0 Å². The molecule has 0 spiro atoms. The van der Waals surface area contributed by atoms with Crippen molar-refractivity contribution in [2.24, 2.45) is 0 Å². The Balaban J connectivity index is 2.40. The minimum absolute atomic E-state index is 0.0894. The number of carbonyl (C=O) groups is 1. The summed E-state index contributed by atoms with van der Waals surface area (Å²) in [4.78, 5) is 14.1. The van der Waals surface area contributed by atoms with Gasteiger partial charge in [0.1, 0.15) is 0 Å². The van der Waals surface area contributed by atoms with Crippen LogP contribution in [0.3, 0.4) is 0 Å². The number of rotatable bonds is 2. The third-order valence-corrected chi connectivity index (χ3v) is 3.93. The van der Waals surface area contributed by atoms with E-state index in [1.807, 2.05) is 31.2 Å². The number of para-hydroxylation sites is 1. The zero-order valence-corrected chi connectivity index (χ0v) is 12.4. The molecule has 4 heteroatoms. The summed E-state index contributed by atoms with van der Waals surface area (Å²) in [6.45, 7) is 1.98. The van der Waals surface area contributed by atoms with E-state index in [0.717, 1.165) is 11.3 Å². The molecule has 2 aromatic rings. The summed E-state index contributed by atoms with van der Waals surface area (Å²) in [5.41, 5.74) is 8.87. The Bertz CT molecular complexity index is 625. The van der Waals surface area contributed by atoms with Crippen LogP contribution < -0.4 is 10.6 Å². The smallest absolute Gasteiger partial charge is 0.259 e. The molecule has 2 N–H and O–H groups in total. The first kappa shape index (κ1) is 13.6. The number of nitrogens with zero attached hydrogens (tertiary/aromatic N) is 1. The molecule has 0 bridgehead atoms. The number of nitrogens with two attached hydrogens (primary N) is 1. The summed E-state index contributed by atoms with van der Waals surface area (Å²) in [5.74, 6) is -0.0894. The summed E-state index contributed by atoms with van der Waals surface area (Å²) < 4.78 is 0.639. The Morgan fingerprint density at radius 1 is 1.16 bits per heavy atom. The molecule has 0 atom stereocenters. The van der Waals surface area contributed by atoms with E-state index >= 15 is 0 Å². The molecule has 2 rings (SSSR count). The monoisotopic (exact) mass is 318 g/mol. The fourth-order valence-electron chi connectivity index (χ4n) is 1.94. The van der Waals surface area contributed by atoms with E-state index < -0.39 is 0 Å². The lowest BCUT2D eigenvalue weighted by atomic mass is 10.1. The molecule has 2 aromatic carbocycles. The maximum absolute atomic E-state index is 12.5. The van der Waals surface area contributed by atoms with Gasteiger partial charge in [-0.2, -0.15) is 0 Å². The van der Waals surface area contributed by atoms with Crippen LogP contribution in [-0.4, -0.2) is 13.0 Å². The highest BCUT2D eigenvalue weighted by atomic mass is 79.9. The lowest BCUT2D eigenvalue weighted by Gasteiger charge is -2.20. The summed E-state index contributed by atoms with van der Waals surface area (Å²) in [5, 5.41) is 0. The highest BCUT2D eigenvalue weighted by Gasteiger charge is 2.18. The maximum atomic E-state index is 12.5. The molecule has 0 radical (unpaired) electrons. The molecule has 1 amide bonds. The van der Waals surface area contributed by atoms with E-state index in [2.05, 4.69) is 15.9 Å². The molecule has 0 aromatic heterocycles. The van der Waals surface area contributed by atoms with Crippen molar-refractivity contribution in [2.45, 2.75) is 6.92 Å². The first-order valence-corrected chi connectivity index (χ1v) is 6.69. The molecule has 0 heterocycles. The van der Waals surface area contributed by atoms with Gasteiger partial charge in [0.2, 0.25) is 0 Å². The van der Waals surface area contributed by atoms with E-state index in [1.165, 1.54) is 0 Å². The van der Waals surface area contributed by atoms with Crippen LogP contribution in [0, 0.1) is 6.92 Å². The van der Waals surface area contributed by atoms with Crippen molar-refractivity contribution in [3.05, 3.63) is 58.1 Å². The predicted molar refractivity (Wildman–Crippen MR) is 82.5 cm³/mol. The van der Waals surface area contributed by atoms with Gasteiger partial charge in [-0.15, -0.1) is 0 Å². The predicted octanol–water partition coefficient (Wildman–Crippen LogP) is 3.62. The SMILES string of the molecule is Cc1ccccc1N(C)C(=O)c1cccc(N)c1Br. The molecular weight excluding hydrogens is 304 g/mol. The van der Waals surface area contributed by atoms with Crippen molar-refractivity contribution < 1.29 is 4.79 Å². The van der Waals surface area contributed by atoms with Gasteiger partial charge in [0.25, 0.3) is 5.91 Å². The van der Waals surface area contributed by atoms with Crippen LogP contribution in [0.15, 0.2) is 46.9 Å². The molecule has 19 heavy (non-hydrogen) atoms. The Kier molecular flexibility index (Phi) is 3.90. The first-order chi connectivity index (χ1) is 9.02. The molecule has 0 saturated carbocycles. The van der Waals surface area contributed by atoms with E-state index in [0.29, 0.717) is 15.7 Å². The van der Waals surface area contributed by atoms with Crippen LogP contribution in [0.25, 0.3) is 0 Å². The lowest BCUT2D eigenvalue weighted by molar-refractivity contribution is 0.0992. The Labute approximate surface area is 121 Å². The van der Waals surface area contributed by atoms with Crippen molar-refractivity contribution in [3.63, 3.8) is 0 Å². The summed E-state index contributed by atoms with van der Waals surface area (Å²) in [6, 6.07) is 13.1. The fourth-order valence-corrected chi connectivity index (χ4v) is 2.38. The minimum Gasteiger partial charge on any atom is -0.398 e. The van der Waals surface area contributed by atoms with Crippen LogP contribution in [0.1, 0.15) is 15.9 Å². The molecule has 0 aliphatic heterocycles. The van der Waals surface area contributed by atoms with Crippen LogP contribution in [0.5, 0.6) is 0 Å². The minimum atomic E-state index is -0.0894. The van der Waals surface area contributed by atoms with E-state index in [-0.39, 0.29) is 5.91 Å². The third-order valence-electron chi connectivity index (χ3n) is 3.04. The number of aryl methyl sites for hydroxylation is 1. The molecule has 0 fully saturated rings. The number of halogens is 1. The second kappa shape index (κ2) is 5.45. The highest BCUT2D eigenvalue weighted by Crippen LogP contribution is 2.27. The third kappa shape index (κ3) is 2.63. The number of benzene rings is 2. The molecule has 3 nitrogen and oxygen atoms in total. The number of hydrogen-bond donors (Lipinski definition) is 1. The van der Waals surface area contributed by atoms with Crippen molar-refractivity contribution >= 4 is 33.2 Å². The second-order valence-electron chi connectivity index (χ2n) is 4.36. The standard InChI is InChI=1S/C15H15BrN2O/c1-10-6-3-4-9-13(10)18(2)15(19)11-7-5-8-12(17)14(11)16/h3-9H,17H2,1-2H3. The Morgan fingerprint density at radius 3 is 2.53 bits per heavy atom. The first-order valence-electron chi connectivity index (χ1n) is 5.90. The number of hydrogen-bond acceptors (Lipinski definition) is 2. The van der Waals surface area contributed by atoms with Crippen LogP contribution in [0.4, 0.5) is 11.4 Å². The van der Waals surface area contributed by atoms with Gasteiger partial charge in [0, 0.05) is 18.4 Å². The maximum Gasteiger partial charge on any atom is 0.259 e. The zero-order valence-electron chi connectivity index (χ0n) is 10.9. The van der Waals surface area contributed by atoms with Gasteiger partial charge in [-0.1, -0.05) is 24.3 Å². The zero-order chi connectivity index (χ0) is 14.0. The number of nitrogen functional groups attached to an aromatic ring is 1. The van der Waals surface area contributed by atoms with Gasteiger partial charge in [-0.3, -0.25) is 4.79 Å². The molecule has 0 aliphatic carbocycles. The number of anilines is 2. The normalized spacial score (nSPS) is 10.3. The van der Waals surface area contributed by atoms with Gasteiger partial charge in [0.15, 0.2) is 0 Å². The van der Waals surface area contributed by atoms with Gasteiger partial charge in [-0.25, -0.2) is 0 Å². The van der Waals surface area contributed by atoms with Crippen LogP contribution in [-0.2, 0) is 0 Å². The quantitative estimate of drug-likeness (QED) is 0.860. The second-order valence-corrected chi connectivity index (χ2v) is 5.15. The molecule has 0 saturated heterocycles. The van der Waals surface area contributed by atoms with Gasteiger partial charge in [-0.05, 0) is 46.6 Å². The van der Waals surface area contributed by atoms with Crippen molar-refractivity contribution in [3.8, 4) is 0 Å². The van der Waals surface area contributed by atoms with Crippen LogP contribution >= 0.6 is 15.9 Å². The summed E-state index contributed by atoms with van der Waals surface area (Å²) in [6.07, 6.45) is 0. The topological polar surface area (TPSA) is 46.3 Å². The van der Waals surface area contributed by atoms with Crippen LogP contribution in [0.2, 0.25) is 0 Å². The molecule has 0 unspecified atom stereocenters. The Morgan fingerprint density at radius 2 is 1.84 bits per heavy atom. The highest BCUT2D eigenvalue weighted by molar-refractivity contribution is 9.10. The van der Waals surface area contributed by atoms with E-state index in [4.69, 9.17) is 5.73 Å². The van der Waals surface area contributed by atoms with Crippen molar-refractivity contribution in [2.75, 3.05) is 17.7 Å². The average molecular weight is 319 g/mol. The van der Waals surface area contributed by atoms with E-state index in [1.54, 1.807) is 30.1 Å². The molecule has 0 aliphatic rings.